The van der Waals surface area contributed by atoms with E-state index in [2.05, 4.69) is 15.4 Å². The molecule has 1 saturated heterocycles. The van der Waals surface area contributed by atoms with Crippen molar-refractivity contribution in [3.05, 3.63) is 38.8 Å². The molecule has 4 atom stereocenters. The van der Waals surface area contributed by atoms with Crippen molar-refractivity contribution in [1.29, 1.82) is 0 Å². The number of carbonyl (C=O) groups is 2. The quantitative estimate of drug-likeness (QED) is 0.525. The number of H-pyrrole nitrogens is 1. The molecule has 4 rings (SSSR count). The molecule has 4 N–H and O–H groups in total. The fourth-order valence-corrected chi connectivity index (χ4v) is 4.82. The number of nitrogen functional groups attached to an aromatic ring is 1. The molecule has 1 aliphatic heterocycles. The molecule has 0 radical (unpaired) electrons. The number of nitrogens with two attached hydrogens (primary N) is 1. The van der Waals surface area contributed by atoms with Gasteiger partial charge >= 0.3 is 5.69 Å². The van der Waals surface area contributed by atoms with E-state index in [1.807, 2.05) is 0 Å². The van der Waals surface area contributed by atoms with Gasteiger partial charge in [-0.2, -0.15) is 5.10 Å². The van der Waals surface area contributed by atoms with E-state index in [1.54, 1.807) is 6.92 Å². The summed E-state index contributed by atoms with van der Waals surface area (Å²) < 4.78 is 30.3. The molecule has 1 saturated carbocycles. The van der Waals surface area contributed by atoms with E-state index in [0.717, 1.165) is 4.57 Å². The highest BCUT2D eigenvalue weighted by Crippen LogP contribution is 2.32. The van der Waals surface area contributed by atoms with Gasteiger partial charge in [0.05, 0.1) is 17.8 Å². The first-order chi connectivity index (χ1) is 16.7. The summed E-state index contributed by atoms with van der Waals surface area (Å²) in [5.74, 6) is -1.18. The highest BCUT2D eigenvalue weighted by molar-refractivity contribution is 6.05. The van der Waals surface area contributed by atoms with Crippen LogP contribution in [0.5, 0.6) is 0 Å². The monoisotopic (exact) mass is 493 g/mol. The van der Waals surface area contributed by atoms with E-state index < -0.39 is 35.5 Å². The molecule has 2 aliphatic rings. The molecule has 4 unspecified atom stereocenters. The normalized spacial score (nSPS) is 24.7. The van der Waals surface area contributed by atoms with Crippen molar-refractivity contribution in [2.24, 2.45) is 5.92 Å². The molecular formula is C22H29F2N7O4. The van der Waals surface area contributed by atoms with Crippen LogP contribution in [0.2, 0.25) is 0 Å². The summed E-state index contributed by atoms with van der Waals surface area (Å²) in [6, 6.07) is -0.599. The second-order valence-electron chi connectivity index (χ2n) is 9.19. The maximum Gasteiger partial charge on any atom is 0.330 e. The van der Waals surface area contributed by atoms with Crippen molar-refractivity contribution < 1.29 is 18.4 Å². The largest absolute Gasteiger partial charge is 0.383 e. The minimum absolute atomic E-state index is 0.135. The number of hydrogen-bond acceptors (Lipinski definition) is 6. The van der Waals surface area contributed by atoms with Gasteiger partial charge in [-0.1, -0.05) is 6.92 Å². The second kappa shape index (κ2) is 10.0. The van der Waals surface area contributed by atoms with Gasteiger partial charge in [-0.15, -0.1) is 0 Å². The molecule has 0 spiro atoms. The first kappa shape index (κ1) is 24.6. The summed E-state index contributed by atoms with van der Waals surface area (Å²) in [4.78, 5) is 53.6. The maximum absolute atomic E-state index is 14.3. The molecule has 35 heavy (non-hydrogen) atoms. The lowest BCUT2D eigenvalue weighted by Crippen LogP contribution is -2.46. The Labute approximate surface area is 199 Å². The van der Waals surface area contributed by atoms with Crippen LogP contribution in [-0.2, 0) is 17.9 Å². The smallest absolute Gasteiger partial charge is 0.330 e. The number of nitrogens with zero attached hydrogens (tertiary/aromatic N) is 4. The summed E-state index contributed by atoms with van der Waals surface area (Å²) >= 11 is 0. The number of rotatable bonds is 7. The summed E-state index contributed by atoms with van der Waals surface area (Å²) in [6.07, 6.45) is 1.39. The Morgan fingerprint density at radius 3 is 2.77 bits per heavy atom. The van der Waals surface area contributed by atoms with Crippen molar-refractivity contribution >= 4 is 23.3 Å². The van der Waals surface area contributed by atoms with E-state index in [9.17, 15) is 28.0 Å². The highest BCUT2D eigenvalue weighted by Gasteiger charge is 2.41. The van der Waals surface area contributed by atoms with Crippen molar-refractivity contribution in [1.82, 2.24) is 24.2 Å². The van der Waals surface area contributed by atoms with Gasteiger partial charge < -0.3 is 16.0 Å². The number of alkyl halides is 2. The molecule has 0 aromatic carbocycles. The molecule has 13 heteroatoms. The summed E-state index contributed by atoms with van der Waals surface area (Å²) in [5.41, 5.74) is 4.32. The number of aromatic amines is 1. The summed E-state index contributed by atoms with van der Waals surface area (Å²) in [5, 5.41) is 6.60. The minimum atomic E-state index is -1.37. The fourth-order valence-electron chi connectivity index (χ4n) is 4.82. The number of anilines is 2. The zero-order valence-electron chi connectivity index (χ0n) is 19.4. The van der Waals surface area contributed by atoms with Crippen LogP contribution in [0.4, 0.5) is 20.3 Å². The van der Waals surface area contributed by atoms with Crippen LogP contribution in [0.15, 0.2) is 22.0 Å². The number of carbonyl (C=O) groups excluding carboxylic acids is 2. The molecule has 2 amide bonds. The van der Waals surface area contributed by atoms with Crippen molar-refractivity contribution in [2.45, 2.75) is 70.5 Å². The third-order valence-corrected chi connectivity index (χ3v) is 6.55. The minimum Gasteiger partial charge on any atom is -0.383 e. The third-order valence-electron chi connectivity index (χ3n) is 6.55. The standard InChI is InChI=1S/C22H29F2N7O4/c1-2-5-30-21(34)18(19(25)28-22(30)35)27-20(33)13-8-26-29(11-13)9-12-6-17(32)31(10-12)16-4-3-14(23)7-15(16)24/h8,11-12,14-16H,2-7,9-10,25H2,1H3,(H,27,33)(H,28,35). The maximum atomic E-state index is 14.3. The predicted molar refractivity (Wildman–Crippen MR) is 123 cm³/mol. The van der Waals surface area contributed by atoms with Crippen LogP contribution in [0, 0.1) is 5.92 Å². The number of nitrogens with one attached hydrogen (secondary N) is 2. The van der Waals surface area contributed by atoms with E-state index in [4.69, 9.17) is 5.73 Å². The van der Waals surface area contributed by atoms with Gasteiger partial charge in [-0.3, -0.25) is 28.6 Å². The van der Waals surface area contributed by atoms with Crippen LogP contribution >= 0.6 is 0 Å². The van der Waals surface area contributed by atoms with Crippen LogP contribution in [0.25, 0.3) is 0 Å². The van der Waals surface area contributed by atoms with Gasteiger partial charge in [0.15, 0.2) is 0 Å². The Bertz CT molecular complexity index is 1220. The van der Waals surface area contributed by atoms with E-state index >= 15 is 0 Å². The number of halogens is 2. The number of likely N-dealkylation sites (tertiary alicyclic amines) is 1. The van der Waals surface area contributed by atoms with Crippen LogP contribution < -0.4 is 22.3 Å². The lowest BCUT2D eigenvalue weighted by atomic mass is 9.91. The van der Waals surface area contributed by atoms with Crippen molar-refractivity contribution in [2.75, 3.05) is 17.6 Å². The second-order valence-corrected chi connectivity index (χ2v) is 9.19. The Morgan fingerprint density at radius 2 is 2.06 bits per heavy atom. The SMILES string of the molecule is CCCn1c(=O)[nH]c(N)c(NC(=O)c2cnn(CC3CC(=O)N(C4CCC(F)CC4F)C3)c2)c1=O. The van der Waals surface area contributed by atoms with E-state index in [1.165, 1.54) is 22.0 Å². The van der Waals surface area contributed by atoms with Crippen molar-refractivity contribution in [3.8, 4) is 0 Å². The number of aromatic nitrogens is 4. The Morgan fingerprint density at radius 1 is 1.29 bits per heavy atom. The van der Waals surface area contributed by atoms with Crippen LogP contribution in [-0.4, -0.2) is 61.0 Å². The molecule has 190 valence electrons. The van der Waals surface area contributed by atoms with Gasteiger partial charge in [0.1, 0.15) is 23.8 Å². The molecule has 3 heterocycles. The van der Waals surface area contributed by atoms with Gasteiger partial charge in [0.25, 0.3) is 11.5 Å². The lowest BCUT2D eigenvalue weighted by Gasteiger charge is -2.35. The molecule has 11 nitrogen and oxygen atoms in total. The molecule has 2 aromatic rings. The van der Waals surface area contributed by atoms with Crippen LogP contribution in [0.3, 0.4) is 0 Å². The number of hydrogen-bond donors (Lipinski definition) is 3. The molecule has 2 fully saturated rings. The Balaban J connectivity index is 1.41. The highest BCUT2D eigenvalue weighted by atomic mass is 19.1. The van der Waals surface area contributed by atoms with Crippen molar-refractivity contribution in [3.63, 3.8) is 0 Å². The third kappa shape index (κ3) is 5.13. The summed E-state index contributed by atoms with van der Waals surface area (Å²) in [7, 11) is 0. The Kier molecular flexibility index (Phi) is 7.03. The zero-order chi connectivity index (χ0) is 25.3. The molecule has 0 bridgehead atoms. The Hall–Kier alpha value is -3.51. The average molecular weight is 494 g/mol. The number of amides is 2. The van der Waals surface area contributed by atoms with E-state index in [-0.39, 0.29) is 54.7 Å². The molecule has 1 aliphatic carbocycles. The van der Waals surface area contributed by atoms with Gasteiger partial charge in [-0.25, -0.2) is 13.6 Å². The van der Waals surface area contributed by atoms with Crippen LogP contribution in [0.1, 0.15) is 49.4 Å². The predicted octanol–water partition coefficient (Wildman–Crippen LogP) is 1.05. The topological polar surface area (TPSA) is 148 Å². The first-order valence-electron chi connectivity index (χ1n) is 11.7. The van der Waals surface area contributed by atoms with Gasteiger partial charge in [0, 0.05) is 44.6 Å². The average Bonchev–Trinajstić information content (AvgIpc) is 3.41. The van der Waals surface area contributed by atoms with Gasteiger partial charge in [0.2, 0.25) is 5.91 Å². The van der Waals surface area contributed by atoms with E-state index in [0.29, 0.717) is 25.9 Å². The molecular weight excluding hydrogens is 464 g/mol. The zero-order valence-corrected chi connectivity index (χ0v) is 19.4. The lowest BCUT2D eigenvalue weighted by molar-refractivity contribution is -0.132. The molecule has 2 aromatic heterocycles. The first-order valence-corrected chi connectivity index (χ1v) is 11.7. The van der Waals surface area contributed by atoms with Gasteiger partial charge in [-0.05, 0) is 19.3 Å². The summed E-state index contributed by atoms with van der Waals surface area (Å²) in [6.45, 7) is 2.64. The fraction of sp³-hybridized carbons (Fsp3) is 0.591.